The van der Waals surface area contributed by atoms with Gasteiger partial charge in [0.25, 0.3) is 5.91 Å². The minimum Gasteiger partial charge on any atom is -0.361 e. The molecule has 0 aliphatic rings. The molecule has 0 radical (unpaired) electrons. The Morgan fingerprint density at radius 2 is 2.05 bits per heavy atom. The van der Waals surface area contributed by atoms with Crippen LogP contribution in [-0.4, -0.2) is 17.4 Å². The lowest BCUT2D eigenvalue weighted by molar-refractivity contribution is 0.0948. The van der Waals surface area contributed by atoms with Crippen LogP contribution in [0.2, 0.25) is 0 Å². The van der Waals surface area contributed by atoms with Crippen molar-refractivity contribution in [3.8, 4) is 0 Å². The van der Waals surface area contributed by atoms with Crippen LogP contribution in [0, 0.1) is 5.92 Å². The number of hydrogen-bond donors (Lipinski definition) is 2. The van der Waals surface area contributed by atoms with Crippen molar-refractivity contribution in [2.24, 2.45) is 5.92 Å². The molecule has 0 bridgehead atoms. The number of aromatic nitrogens is 1. The van der Waals surface area contributed by atoms with Gasteiger partial charge in [0.05, 0.1) is 0 Å². The van der Waals surface area contributed by atoms with Gasteiger partial charge in [0.15, 0.2) is 0 Å². The van der Waals surface area contributed by atoms with Gasteiger partial charge >= 0.3 is 0 Å². The summed E-state index contributed by atoms with van der Waals surface area (Å²) in [6, 6.07) is 6.13. The minimum absolute atomic E-state index is 0.0390. The van der Waals surface area contributed by atoms with Gasteiger partial charge in [-0.25, -0.2) is 0 Å². The third-order valence-electron chi connectivity index (χ3n) is 3.78. The lowest BCUT2D eigenvalue weighted by atomic mass is 9.92. The van der Waals surface area contributed by atoms with Crippen molar-refractivity contribution in [3.05, 3.63) is 35.5 Å². The lowest BCUT2D eigenvalue weighted by Gasteiger charge is -2.16. The normalized spacial score (nSPS) is 12.8. The molecule has 1 heterocycles. The maximum atomic E-state index is 12.4. The highest BCUT2D eigenvalue weighted by Crippen LogP contribution is 2.27. The zero-order valence-electron chi connectivity index (χ0n) is 12.8. The molecule has 0 aliphatic heterocycles. The van der Waals surface area contributed by atoms with Crippen LogP contribution in [0.1, 0.15) is 56.0 Å². The van der Waals surface area contributed by atoms with E-state index in [9.17, 15) is 4.79 Å². The fourth-order valence-corrected chi connectivity index (χ4v) is 2.33. The summed E-state index contributed by atoms with van der Waals surface area (Å²) in [6.07, 6.45) is 2.94. The Hall–Kier alpha value is -1.77. The molecule has 20 heavy (non-hydrogen) atoms. The Balaban J connectivity index is 2.40. The number of nitrogens with one attached hydrogen (secondary N) is 2. The summed E-state index contributed by atoms with van der Waals surface area (Å²) in [5.41, 5.74) is 3.04. The molecule has 1 aromatic heterocycles. The number of rotatable bonds is 5. The van der Waals surface area contributed by atoms with Crippen LogP contribution in [0.25, 0.3) is 10.9 Å². The van der Waals surface area contributed by atoms with Crippen molar-refractivity contribution in [2.45, 2.75) is 40.0 Å². The monoisotopic (exact) mass is 272 g/mol. The molecular formula is C17H24N2O. The second kappa shape index (κ2) is 6.12. The molecule has 1 aromatic carbocycles. The van der Waals surface area contributed by atoms with E-state index in [1.54, 1.807) is 0 Å². The molecule has 2 rings (SSSR count). The highest BCUT2D eigenvalue weighted by Gasteiger charge is 2.17. The molecular weight excluding hydrogens is 248 g/mol. The number of hydrogen-bond acceptors (Lipinski definition) is 1. The second-order valence-corrected chi connectivity index (χ2v) is 5.92. The average Bonchev–Trinajstić information content (AvgIpc) is 2.89. The van der Waals surface area contributed by atoms with Gasteiger partial charge in [-0.1, -0.05) is 27.7 Å². The molecule has 3 heteroatoms. The van der Waals surface area contributed by atoms with Crippen LogP contribution >= 0.6 is 0 Å². The summed E-state index contributed by atoms with van der Waals surface area (Å²) in [4.78, 5) is 15.7. The Morgan fingerprint density at radius 1 is 1.30 bits per heavy atom. The molecule has 2 N–H and O–H groups in total. The molecule has 2 aromatic rings. The molecule has 0 saturated carbocycles. The number of benzene rings is 1. The van der Waals surface area contributed by atoms with E-state index in [1.165, 1.54) is 0 Å². The van der Waals surface area contributed by atoms with Gasteiger partial charge in [0.2, 0.25) is 0 Å². The van der Waals surface area contributed by atoms with Crippen LogP contribution in [0.15, 0.2) is 24.4 Å². The summed E-state index contributed by atoms with van der Waals surface area (Å²) in [7, 11) is 0. The highest BCUT2D eigenvalue weighted by molar-refractivity contribution is 6.00. The number of amides is 1. The molecule has 1 amide bonds. The zero-order chi connectivity index (χ0) is 14.7. The van der Waals surface area contributed by atoms with Crippen LogP contribution < -0.4 is 5.32 Å². The first kappa shape index (κ1) is 14.6. The molecule has 0 aliphatic carbocycles. The number of H-pyrrole nitrogens is 1. The van der Waals surface area contributed by atoms with Gasteiger partial charge in [-0.3, -0.25) is 4.79 Å². The summed E-state index contributed by atoms with van der Waals surface area (Å²) >= 11 is 0. The quantitative estimate of drug-likeness (QED) is 0.846. The SMILES string of the molecule is CCC(C)c1cc2[nH]ccc2cc1C(=O)NCC(C)C. The van der Waals surface area contributed by atoms with E-state index in [1.807, 2.05) is 18.3 Å². The Kier molecular flexibility index (Phi) is 4.48. The summed E-state index contributed by atoms with van der Waals surface area (Å²) in [6.45, 7) is 9.24. The van der Waals surface area contributed by atoms with Crippen LogP contribution in [0.3, 0.4) is 0 Å². The first-order chi connectivity index (χ1) is 9.52. The first-order valence-electron chi connectivity index (χ1n) is 7.42. The van der Waals surface area contributed by atoms with Gasteiger partial charge in [-0.2, -0.15) is 0 Å². The Morgan fingerprint density at radius 3 is 2.70 bits per heavy atom. The van der Waals surface area contributed by atoms with Crippen molar-refractivity contribution in [1.29, 1.82) is 0 Å². The van der Waals surface area contributed by atoms with Gasteiger partial charge in [-0.15, -0.1) is 0 Å². The van der Waals surface area contributed by atoms with Crippen molar-refractivity contribution in [1.82, 2.24) is 10.3 Å². The minimum atomic E-state index is 0.0390. The molecule has 1 atom stereocenters. The summed E-state index contributed by atoms with van der Waals surface area (Å²) < 4.78 is 0. The van der Waals surface area contributed by atoms with Gasteiger partial charge in [0, 0.05) is 29.2 Å². The van der Waals surface area contributed by atoms with E-state index >= 15 is 0 Å². The van der Waals surface area contributed by atoms with Crippen LogP contribution in [0.4, 0.5) is 0 Å². The van der Waals surface area contributed by atoms with Crippen molar-refractivity contribution < 1.29 is 4.79 Å². The topological polar surface area (TPSA) is 44.9 Å². The summed E-state index contributed by atoms with van der Waals surface area (Å²) in [5.74, 6) is 0.876. The maximum Gasteiger partial charge on any atom is 0.251 e. The molecule has 0 fully saturated rings. The number of fused-ring (bicyclic) bond motifs is 1. The van der Waals surface area contributed by atoms with Crippen LogP contribution in [-0.2, 0) is 0 Å². The standard InChI is InChI=1S/C17H24N2O/c1-5-12(4)14-9-16-13(6-7-18-16)8-15(14)17(20)19-10-11(2)3/h6-9,11-12,18H,5,10H2,1-4H3,(H,19,20). The first-order valence-corrected chi connectivity index (χ1v) is 7.42. The predicted octanol–water partition coefficient (Wildman–Crippen LogP) is 4.07. The zero-order valence-corrected chi connectivity index (χ0v) is 12.8. The number of carbonyl (C=O) groups is 1. The molecule has 3 nitrogen and oxygen atoms in total. The Bertz CT molecular complexity index is 598. The molecule has 108 valence electrons. The van der Waals surface area contributed by atoms with Crippen molar-refractivity contribution in [3.63, 3.8) is 0 Å². The van der Waals surface area contributed by atoms with Crippen molar-refractivity contribution in [2.75, 3.05) is 6.54 Å². The van der Waals surface area contributed by atoms with E-state index in [0.717, 1.165) is 28.5 Å². The van der Waals surface area contributed by atoms with Gasteiger partial charge in [0.1, 0.15) is 0 Å². The van der Waals surface area contributed by atoms with Gasteiger partial charge < -0.3 is 10.3 Å². The third kappa shape index (κ3) is 3.03. The van der Waals surface area contributed by atoms with E-state index in [-0.39, 0.29) is 5.91 Å². The number of aromatic amines is 1. The molecule has 0 spiro atoms. The second-order valence-electron chi connectivity index (χ2n) is 5.92. The Labute approximate surface area is 120 Å². The molecule has 1 unspecified atom stereocenters. The van der Waals surface area contributed by atoms with Gasteiger partial charge in [-0.05, 0) is 42.0 Å². The van der Waals surface area contributed by atoms with E-state index in [2.05, 4.69) is 44.1 Å². The fraction of sp³-hybridized carbons (Fsp3) is 0.471. The predicted molar refractivity (Wildman–Crippen MR) is 84.2 cm³/mol. The van der Waals surface area contributed by atoms with E-state index in [0.29, 0.717) is 18.4 Å². The fourth-order valence-electron chi connectivity index (χ4n) is 2.33. The van der Waals surface area contributed by atoms with Crippen LogP contribution in [0.5, 0.6) is 0 Å². The van der Waals surface area contributed by atoms with Crippen molar-refractivity contribution >= 4 is 16.8 Å². The van der Waals surface area contributed by atoms with E-state index < -0.39 is 0 Å². The number of carbonyl (C=O) groups excluding carboxylic acids is 1. The highest BCUT2D eigenvalue weighted by atomic mass is 16.1. The largest absolute Gasteiger partial charge is 0.361 e. The lowest BCUT2D eigenvalue weighted by Crippen LogP contribution is -2.28. The maximum absolute atomic E-state index is 12.4. The smallest absolute Gasteiger partial charge is 0.251 e. The third-order valence-corrected chi connectivity index (χ3v) is 3.78. The summed E-state index contributed by atoms with van der Waals surface area (Å²) in [5, 5.41) is 4.12. The van der Waals surface area contributed by atoms with E-state index in [4.69, 9.17) is 0 Å². The average molecular weight is 272 g/mol. The molecule has 0 saturated heterocycles.